The van der Waals surface area contributed by atoms with E-state index in [2.05, 4.69) is 5.32 Å². The summed E-state index contributed by atoms with van der Waals surface area (Å²) in [5.41, 5.74) is 0. The van der Waals surface area contributed by atoms with Crippen molar-refractivity contribution in [3.8, 4) is 0 Å². The van der Waals surface area contributed by atoms with Gasteiger partial charge in [0.1, 0.15) is 18.4 Å². The van der Waals surface area contributed by atoms with Gasteiger partial charge in [0.05, 0.1) is 6.61 Å². The summed E-state index contributed by atoms with van der Waals surface area (Å²) in [6, 6.07) is -0.624. The Morgan fingerprint density at radius 3 is 2.78 bits per heavy atom. The first-order chi connectivity index (χ1) is 11.0. The van der Waals surface area contributed by atoms with Crippen LogP contribution in [0.4, 0.5) is 4.79 Å². The smallest absolute Gasteiger partial charge is 0.394 e. The molecule has 0 aromatic carbocycles. The number of urea groups is 1. The van der Waals surface area contributed by atoms with Crippen molar-refractivity contribution in [1.29, 1.82) is 0 Å². The van der Waals surface area contributed by atoms with Crippen LogP contribution in [0.25, 0.3) is 0 Å². The van der Waals surface area contributed by atoms with Gasteiger partial charge in [-0.3, -0.25) is 4.90 Å². The number of amides is 2. The molecule has 0 aromatic heterocycles. The first kappa shape index (κ1) is 18.2. The number of aliphatic hydroxyl groups excluding tert-OH is 2. The molecule has 0 saturated carbocycles. The molecule has 1 fully saturated rings. The van der Waals surface area contributed by atoms with Gasteiger partial charge in [0.2, 0.25) is 0 Å². The lowest BCUT2D eigenvalue weighted by Crippen LogP contribution is -2.53. The van der Waals surface area contributed by atoms with Gasteiger partial charge in [0, 0.05) is 17.4 Å². The second-order valence-electron chi connectivity index (χ2n) is 5.03. The van der Waals surface area contributed by atoms with Crippen LogP contribution < -0.4 is 5.32 Å². The minimum atomic E-state index is -2.94. The highest BCUT2D eigenvalue weighted by molar-refractivity contribution is 7.32. The summed E-state index contributed by atoms with van der Waals surface area (Å²) in [5, 5.41) is 21.0. The SMILES string of the molecule is CCCOC1C(O[P+](=O)O)[C@@H](CO)O[C@H]1N1C=CC(O)NC1=O. The van der Waals surface area contributed by atoms with Gasteiger partial charge < -0.3 is 25.0 Å². The van der Waals surface area contributed by atoms with Gasteiger partial charge in [-0.05, 0) is 12.5 Å². The normalized spacial score (nSPS) is 34.6. The predicted octanol–water partition coefficient (Wildman–Crippen LogP) is -0.609. The van der Waals surface area contributed by atoms with Gasteiger partial charge >= 0.3 is 14.3 Å². The molecule has 1 saturated heterocycles. The Morgan fingerprint density at radius 2 is 2.22 bits per heavy atom. The quantitative estimate of drug-likeness (QED) is 0.446. The fourth-order valence-corrected chi connectivity index (χ4v) is 2.90. The third-order valence-corrected chi connectivity index (χ3v) is 3.82. The molecule has 11 heteroatoms. The van der Waals surface area contributed by atoms with Crippen LogP contribution in [0.3, 0.4) is 0 Å². The lowest BCUT2D eigenvalue weighted by atomic mass is 10.1. The van der Waals surface area contributed by atoms with E-state index in [1.165, 1.54) is 12.3 Å². The van der Waals surface area contributed by atoms with Crippen molar-refractivity contribution < 1.29 is 38.5 Å². The topological polar surface area (TPSA) is 138 Å². The molecule has 130 valence electrons. The molecule has 4 N–H and O–H groups in total. The lowest BCUT2D eigenvalue weighted by molar-refractivity contribution is -0.0848. The molecule has 6 atom stereocenters. The maximum Gasteiger partial charge on any atom is 0.695 e. The number of nitrogens with one attached hydrogen (secondary N) is 1. The Hall–Kier alpha value is -1.13. The summed E-state index contributed by atoms with van der Waals surface area (Å²) >= 11 is 0. The molecule has 2 aliphatic heterocycles. The van der Waals surface area contributed by atoms with E-state index >= 15 is 0 Å². The maximum absolute atomic E-state index is 12.0. The summed E-state index contributed by atoms with van der Waals surface area (Å²) in [7, 11) is -2.94. The standard InChI is InChI=1S/C12H19N2O8P/c1-2-5-20-10-9(22-23(18)19)7(6-15)21-11(10)14-4-3-8(16)13-12(14)17/h3-4,7-11,15-16H,2,5-6H2,1H3,(H-,13,17,18,19)/p+1/t7-,8?,9?,10?,11-/m1/s1. The number of carbonyl (C=O) groups excluding carboxylic acids is 1. The van der Waals surface area contributed by atoms with E-state index in [4.69, 9.17) is 18.9 Å². The van der Waals surface area contributed by atoms with E-state index in [1.807, 2.05) is 6.92 Å². The zero-order chi connectivity index (χ0) is 17.0. The average molecular weight is 351 g/mol. The Kier molecular flexibility index (Phi) is 6.42. The molecule has 23 heavy (non-hydrogen) atoms. The Morgan fingerprint density at radius 1 is 1.48 bits per heavy atom. The molecule has 0 spiro atoms. The fraction of sp³-hybridized carbons (Fsp3) is 0.750. The van der Waals surface area contributed by atoms with Crippen LogP contribution in [0.5, 0.6) is 0 Å². The van der Waals surface area contributed by atoms with Gasteiger partial charge in [0.25, 0.3) is 0 Å². The minimum absolute atomic E-state index is 0.312. The van der Waals surface area contributed by atoms with Crippen molar-refractivity contribution in [3.05, 3.63) is 12.3 Å². The van der Waals surface area contributed by atoms with Gasteiger partial charge in [-0.15, -0.1) is 9.42 Å². The molecule has 2 amide bonds. The number of nitrogens with zero attached hydrogens (tertiary/aromatic N) is 1. The lowest BCUT2D eigenvalue weighted by Gasteiger charge is -2.32. The van der Waals surface area contributed by atoms with Crippen LogP contribution in [-0.4, -0.2) is 70.0 Å². The van der Waals surface area contributed by atoms with Crippen molar-refractivity contribution in [2.24, 2.45) is 0 Å². The van der Waals surface area contributed by atoms with E-state index in [1.54, 1.807) is 0 Å². The Bertz CT molecular complexity index is 476. The summed E-state index contributed by atoms with van der Waals surface area (Å²) in [6.07, 6.45) is -1.57. The first-order valence-corrected chi connectivity index (χ1v) is 8.27. The van der Waals surface area contributed by atoms with E-state index in [-0.39, 0.29) is 0 Å². The second-order valence-corrected chi connectivity index (χ2v) is 5.72. The van der Waals surface area contributed by atoms with E-state index in [0.29, 0.717) is 13.0 Å². The second kappa shape index (κ2) is 8.11. The largest absolute Gasteiger partial charge is 0.695 e. The van der Waals surface area contributed by atoms with Crippen molar-refractivity contribution in [2.45, 2.75) is 44.1 Å². The third kappa shape index (κ3) is 4.24. The fourth-order valence-electron chi connectivity index (χ4n) is 2.43. The zero-order valence-electron chi connectivity index (χ0n) is 12.4. The number of ether oxygens (including phenoxy) is 2. The third-order valence-electron chi connectivity index (χ3n) is 3.40. The van der Waals surface area contributed by atoms with Crippen molar-refractivity contribution in [1.82, 2.24) is 10.2 Å². The highest BCUT2D eigenvalue weighted by Gasteiger charge is 2.53. The predicted molar refractivity (Wildman–Crippen MR) is 76.0 cm³/mol. The van der Waals surface area contributed by atoms with Gasteiger partial charge in [-0.25, -0.2) is 4.79 Å². The van der Waals surface area contributed by atoms with E-state index in [0.717, 1.165) is 4.90 Å². The van der Waals surface area contributed by atoms with Crippen LogP contribution in [0.2, 0.25) is 0 Å². The molecule has 2 heterocycles. The number of carbonyl (C=O) groups is 1. The maximum atomic E-state index is 12.0. The number of hydrogen-bond donors (Lipinski definition) is 4. The molecule has 0 radical (unpaired) electrons. The Balaban J connectivity index is 2.23. The molecule has 0 aromatic rings. The van der Waals surface area contributed by atoms with E-state index in [9.17, 15) is 19.6 Å². The Labute approximate surface area is 133 Å². The molecule has 2 aliphatic rings. The van der Waals surface area contributed by atoms with Gasteiger partial charge in [-0.1, -0.05) is 6.92 Å². The molecule has 4 unspecified atom stereocenters. The number of rotatable bonds is 7. The highest BCUT2D eigenvalue weighted by Crippen LogP contribution is 2.34. The molecule has 2 rings (SSSR count). The zero-order valence-corrected chi connectivity index (χ0v) is 13.3. The summed E-state index contributed by atoms with van der Waals surface area (Å²) in [5.74, 6) is 0. The van der Waals surface area contributed by atoms with E-state index < -0.39 is 51.7 Å². The monoisotopic (exact) mass is 351 g/mol. The van der Waals surface area contributed by atoms with Crippen LogP contribution >= 0.6 is 8.25 Å². The summed E-state index contributed by atoms with van der Waals surface area (Å²) in [6.45, 7) is 1.71. The number of hydrogen-bond acceptors (Lipinski definition) is 7. The van der Waals surface area contributed by atoms with Crippen molar-refractivity contribution in [3.63, 3.8) is 0 Å². The summed E-state index contributed by atoms with van der Waals surface area (Å²) in [4.78, 5) is 22.1. The molecular weight excluding hydrogens is 331 g/mol. The van der Waals surface area contributed by atoms with Crippen LogP contribution in [-0.2, 0) is 18.6 Å². The van der Waals surface area contributed by atoms with Crippen LogP contribution in [0, 0.1) is 0 Å². The van der Waals surface area contributed by atoms with Crippen molar-refractivity contribution >= 4 is 14.3 Å². The molecular formula is C12H20N2O8P+. The first-order valence-electron chi connectivity index (χ1n) is 7.14. The van der Waals surface area contributed by atoms with Gasteiger partial charge in [0.15, 0.2) is 12.3 Å². The van der Waals surface area contributed by atoms with Crippen LogP contribution in [0.15, 0.2) is 12.3 Å². The van der Waals surface area contributed by atoms with Gasteiger partial charge in [-0.2, -0.15) is 0 Å². The highest BCUT2D eigenvalue weighted by atomic mass is 31.1. The van der Waals surface area contributed by atoms with Crippen LogP contribution in [0.1, 0.15) is 13.3 Å². The van der Waals surface area contributed by atoms with Crippen molar-refractivity contribution in [2.75, 3.05) is 13.2 Å². The number of aliphatic hydroxyl groups is 2. The average Bonchev–Trinajstić information content (AvgIpc) is 2.82. The minimum Gasteiger partial charge on any atom is -0.394 e. The molecule has 0 aliphatic carbocycles. The molecule has 10 nitrogen and oxygen atoms in total. The molecule has 0 bridgehead atoms. The summed E-state index contributed by atoms with van der Waals surface area (Å²) < 4.78 is 27.1.